The highest BCUT2D eigenvalue weighted by Crippen LogP contribution is 2.24. The molecule has 0 aliphatic carbocycles. The van der Waals surface area contributed by atoms with Crippen molar-refractivity contribution in [2.24, 2.45) is 5.92 Å². The molecule has 0 saturated heterocycles. The number of carbonyl (C=O) groups is 1. The van der Waals surface area contributed by atoms with Crippen molar-refractivity contribution in [1.29, 1.82) is 0 Å². The number of carboxylic acid groups (broad SMARTS) is 1. The van der Waals surface area contributed by atoms with Crippen LogP contribution < -0.4 is 10.1 Å². The van der Waals surface area contributed by atoms with Crippen LogP contribution >= 0.6 is 0 Å². The third-order valence-corrected chi connectivity index (χ3v) is 2.95. The highest BCUT2D eigenvalue weighted by molar-refractivity contribution is 5.80. The van der Waals surface area contributed by atoms with E-state index in [1.165, 1.54) is 24.3 Å². The predicted octanol–water partition coefficient (Wildman–Crippen LogP) is 2.83. The fourth-order valence-corrected chi connectivity index (χ4v) is 1.68. The standard InChI is InChI=1S/C14H19F2NO3/c1-9(2)8-17-14(3,12(18)19)10-4-6-11(7-5-10)20-13(15)16/h4-7,9,13,17H,8H2,1-3H3,(H,18,19). The highest BCUT2D eigenvalue weighted by Gasteiger charge is 2.34. The molecule has 1 aromatic rings. The van der Waals surface area contributed by atoms with Crippen LogP contribution in [0.25, 0.3) is 0 Å². The van der Waals surface area contributed by atoms with Crippen molar-refractivity contribution in [3.8, 4) is 5.75 Å². The average molecular weight is 287 g/mol. The van der Waals surface area contributed by atoms with E-state index in [-0.39, 0.29) is 11.7 Å². The number of carboxylic acids is 1. The zero-order chi connectivity index (χ0) is 15.3. The molecule has 0 amide bonds. The lowest BCUT2D eigenvalue weighted by Crippen LogP contribution is -2.48. The van der Waals surface area contributed by atoms with Crippen molar-refractivity contribution in [2.75, 3.05) is 6.54 Å². The summed E-state index contributed by atoms with van der Waals surface area (Å²) in [5.41, 5.74) is -0.791. The molecule has 0 spiro atoms. The molecule has 20 heavy (non-hydrogen) atoms. The third-order valence-electron chi connectivity index (χ3n) is 2.95. The molecule has 0 heterocycles. The third kappa shape index (κ3) is 4.16. The van der Waals surface area contributed by atoms with E-state index in [4.69, 9.17) is 0 Å². The van der Waals surface area contributed by atoms with Crippen molar-refractivity contribution < 1.29 is 23.4 Å². The topological polar surface area (TPSA) is 58.6 Å². The molecule has 1 unspecified atom stereocenters. The van der Waals surface area contributed by atoms with Crippen LogP contribution in [0.4, 0.5) is 8.78 Å². The lowest BCUT2D eigenvalue weighted by molar-refractivity contribution is -0.144. The molecule has 112 valence electrons. The molecule has 1 aromatic carbocycles. The number of ether oxygens (including phenoxy) is 1. The summed E-state index contributed by atoms with van der Waals surface area (Å²) in [6, 6.07) is 5.61. The second-order valence-corrected chi connectivity index (χ2v) is 5.11. The molecule has 0 aliphatic heterocycles. The van der Waals surface area contributed by atoms with Crippen LogP contribution in [0.5, 0.6) is 5.75 Å². The summed E-state index contributed by atoms with van der Waals surface area (Å²) in [7, 11) is 0. The van der Waals surface area contributed by atoms with Crippen LogP contribution in [-0.2, 0) is 10.3 Å². The molecule has 1 atom stereocenters. The van der Waals surface area contributed by atoms with E-state index in [0.717, 1.165) is 0 Å². The summed E-state index contributed by atoms with van der Waals surface area (Å²) in [6.07, 6.45) is 0. The van der Waals surface area contributed by atoms with Gasteiger partial charge in [-0.1, -0.05) is 26.0 Å². The molecule has 0 aromatic heterocycles. The lowest BCUT2D eigenvalue weighted by Gasteiger charge is -2.28. The Kier molecular flexibility index (Phi) is 5.44. The number of alkyl halides is 2. The zero-order valence-corrected chi connectivity index (χ0v) is 11.7. The van der Waals surface area contributed by atoms with Gasteiger partial charge in [-0.3, -0.25) is 5.32 Å². The molecule has 0 saturated carbocycles. The molecule has 0 bridgehead atoms. The Balaban J connectivity index is 2.94. The Hall–Kier alpha value is -1.69. The largest absolute Gasteiger partial charge is 0.480 e. The normalized spacial score (nSPS) is 14.3. The lowest BCUT2D eigenvalue weighted by atomic mass is 9.91. The Morgan fingerprint density at radius 3 is 2.30 bits per heavy atom. The number of halogens is 2. The van der Waals surface area contributed by atoms with Crippen LogP contribution in [0.2, 0.25) is 0 Å². The number of hydrogen-bond donors (Lipinski definition) is 2. The molecular formula is C14H19F2NO3. The van der Waals surface area contributed by atoms with Crippen molar-refractivity contribution in [3.63, 3.8) is 0 Å². The highest BCUT2D eigenvalue weighted by atomic mass is 19.3. The van der Waals surface area contributed by atoms with Gasteiger partial charge < -0.3 is 9.84 Å². The first-order valence-corrected chi connectivity index (χ1v) is 6.29. The molecule has 4 nitrogen and oxygen atoms in total. The maximum absolute atomic E-state index is 12.1. The number of benzene rings is 1. The van der Waals surface area contributed by atoms with Gasteiger partial charge in [0.1, 0.15) is 11.3 Å². The van der Waals surface area contributed by atoms with E-state index >= 15 is 0 Å². The van der Waals surface area contributed by atoms with Gasteiger partial charge in [-0.2, -0.15) is 8.78 Å². The van der Waals surface area contributed by atoms with E-state index in [1.54, 1.807) is 6.92 Å². The Morgan fingerprint density at radius 2 is 1.90 bits per heavy atom. The first kappa shape index (κ1) is 16.4. The van der Waals surface area contributed by atoms with Gasteiger partial charge in [-0.15, -0.1) is 0 Å². The second-order valence-electron chi connectivity index (χ2n) is 5.11. The van der Waals surface area contributed by atoms with Gasteiger partial charge in [0, 0.05) is 0 Å². The summed E-state index contributed by atoms with van der Waals surface area (Å²) in [5, 5.41) is 12.4. The van der Waals surface area contributed by atoms with Gasteiger partial charge in [0.2, 0.25) is 0 Å². The van der Waals surface area contributed by atoms with Gasteiger partial charge in [0.25, 0.3) is 0 Å². The number of rotatable bonds is 7. The minimum atomic E-state index is -2.90. The molecule has 1 rings (SSSR count). The number of nitrogens with one attached hydrogen (secondary N) is 1. The van der Waals surface area contributed by atoms with E-state index in [2.05, 4.69) is 10.1 Å². The van der Waals surface area contributed by atoms with Gasteiger partial charge in [0.15, 0.2) is 0 Å². The smallest absolute Gasteiger partial charge is 0.387 e. The molecule has 2 N–H and O–H groups in total. The Bertz CT molecular complexity index is 448. The molecule has 0 aliphatic rings. The summed E-state index contributed by atoms with van der Waals surface area (Å²) in [4.78, 5) is 11.5. The minimum Gasteiger partial charge on any atom is -0.480 e. The predicted molar refractivity (Wildman–Crippen MR) is 70.9 cm³/mol. The first-order chi connectivity index (χ1) is 9.25. The van der Waals surface area contributed by atoms with Crippen LogP contribution in [0.3, 0.4) is 0 Å². The fourth-order valence-electron chi connectivity index (χ4n) is 1.68. The van der Waals surface area contributed by atoms with Crippen LogP contribution in [0.15, 0.2) is 24.3 Å². The van der Waals surface area contributed by atoms with Crippen molar-refractivity contribution in [1.82, 2.24) is 5.32 Å². The molecular weight excluding hydrogens is 268 g/mol. The quantitative estimate of drug-likeness (QED) is 0.809. The van der Waals surface area contributed by atoms with Crippen LogP contribution in [0, 0.1) is 5.92 Å². The summed E-state index contributed by atoms with van der Waals surface area (Å²) in [6.45, 7) is 3.11. The second kappa shape index (κ2) is 6.65. The van der Waals surface area contributed by atoms with Crippen molar-refractivity contribution in [2.45, 2.75) is 32.9 Å². The monoisotopic (exact) mass is 287 g/mol. The Labute approximate surface area is 116 Å². The van der Waals surface area contributed by atoms with E-state index < -0.39 is 18.1 Å². The molecule has 0 fully saturated rings. The van der Waals surface area contributed by atoms with Gasteiger partial charge in [0.05, 0.1) is 0 Å². The molecule has 6 heteroatoms. The van der Waals surface area contributed by atoms with Gasteiger partial charge in [-0.05, 0) is 37.1 Å². The maximum Gasteiger partial charge on any atom is 0.387 e. The first-order valence-electron chi connectivity index (χ1n) is 6.29. The summed E-state index contributed by atoms with van der Waals surface area (Å²) >= 11 is 0. The maximum atomic E-state index is 12.1. The van der Waals surface area contributed by atoms with Crippen molar-refractivity contribution in [3.05, 3.63) is 29.8 Å². The van der Waals surface area contributed by atoms with E-state index in [1.807, 2.05) is 13.8 Å². The van der Waals surface area contributed by atoms with Gasteiger partial charge in [-0.25, -0.2) is 4.79 Å². The fraction of sp³-hybridized carbons (Fsp3) is 0.500. The summed E-state index contributed by atoms with van der Waals surface area (Å²) in [5.74, 6) is -0.740. The number of aliphatic carboxylic acids is 1. The minimum absolute atomic E-state index is 0.000323. The van der Waals surface area contributed by atoms with E-state index in [9.17, 15) is 18.7 Å². The SMILES string of the molecule is CC(C)CNC(C)(C(=O)O)c1ccc(OC(F)F)cc1. The Morgan fingerprint density at radius 1 is 1.35 bits per heavy atom. The molecule has 0 radical (unpaired) electrons. The van der Waals surface area contributed by atoms with Crippen LogP contribution in [0.1, 0.15) is 26.3 Å². The average Bonchev–Trinajstić information content (AvgIpc) is 2.35. The van der Waals surface area contributed by atoms with Gasteiger partial charge >= 0.3 is 12.6 Å². The van der Waals surface area contributed by atoms with Crippen molar-refractivity contribution >= 4 is 5.97 Å². The number of hydrogen-bond acceptors (Lipinski definition) is 3. The summed E-state index contributed by atoms with van der Waals surface area (Å²) < 4.78 is 28.4. The van der Waals surface area contributed by atoms with E-state index in [0.29, 0.717) is 12.1 Å². The zero-order valence-electron chi connectivity index (χ0n) is 11.7. The van der Waals surface area contributed by atoms with Crippen LogP contribution in [-0.4, -0.2) is 24.2 Å².